The van der Waals surface area contributed by atoms with Gasteiger partial charge in [-0.3, -0.25) is 14.4 Å². The molecule has 9 heteroatoms. The van der Waals surface area contributed by atoms with Crippen molar-refractivity contribution in [3.63, 3.8) is 0 Å². The standard InChI is InChI=1S/C19H18F3N3O3/c1-11(23-12(2)26)17(27)24-15-9-5-6-10-16(15)25-18(28)13-7-3-4-8-14(13)19(20,21)22/h3-11H,1-2H3,(H,23,26)(H,24,27)(H,25,28)/t11-/m0/s1. The Labute approximate surface area is 159 Å². The van der Waals surface area contributed by atoms with Gasteiger partial charge in [0.05, 0.1) is 22.5 Å². The van der Waals surface area contributed by atoms with Crippen molar-refractivity contribution in [1.82, 2.24) is 5.32 Å². The number of para-hydroxylation sites is 2. The van der Waals surface area contributed by atoms with Crippen LogP contribution in [-0.4, -0.2) is 23.8 Å². The van der Waals surface area contributed by atoms with Gasteiger partial charge in [-0.05, 0) is 31.2 Å². The van der Waals surface area contributed by atoms with Crippen molar-refractivity contribution < 1.29 is 27.6 Å². The van der Waals surface area contributed by atoms with Crippen molar-refractivity contribution in [2.75, 3.05) is 10.6 Å². The Morgan fingerprint density at radius 3 is 2.00 bits per heavy atom. The lowest BCUT2D eigenvalue weighted by atomic mass is 10.1. The van der Waals surface area contributed by atoms with Crippen molar-refractivity contribution in [2.45, 2.75) is 26.1 Å². The first-order chi connectivity index (χ1) is 13.1. The number of halogens is 3. The predicted octanol–water partition coefficient (Wildman–Crippen LogP) is 3.42. The van der Waals surface area contributed by atoms with Crippen LogP contribution in [0, 0.1) is 0 Å². The number of amides is 3. The van der Waals surface area contributed by atoms with Crippen molar-refractivity contribution >= 4 is 29.1 Å². The summed E-state index contributed by atoms with van der Waals surface area (Å²) in [5.74, 6) is -1.91. The highest BCUT2D eigenvalue weighted by molar-refractivity contribution is 6.08. The molecule has 0 saturated heterocycles. The molecule has 1 atom stereocenters. The van der Waals surface area contributed by atoms with Crippen LogP contribution in [0.1, 0.15) is 29.8 Å². The number of rotatable bonds is 5. The largest absolute Gasteiger partial charge is 0.417 e. The Morgan fingerprint density at radius 1 is 0.893 bits per heavy atom. The van der Waals surface area contributed by atoms with E-state index in [9.17, 15) is 27.6 Å². The van der Waals surface area contributed by atoms with E-state index in [0.29, 0.717) is 0 Å². The molecule has 0 heterocycles. The van der Waals surface area contributed by atoms with Gasteiger partial charge < -0.3 is 16.0 Å². The highest BCUT2D eigenvalue weighted by Crippen LogP contribution is 2.32. The third-order valence-electron chi connectivity index (χ3n) is 3.72. The molecule has 0 spiro atoms. The van der Waals surface area contributed by atoms with Crippen molar-refractivity contribution in [1.29, 1.82) is 0 Å². The van der Waals surface area contributed by atoms with Crippen molar-refractivity contribution in [3.8, 4) is 0 Å². The van der Waals surface area contributed by atoms with E-state index < -0.39 is 41.1 Å². The molecular weight excluding hydrogens is 375 g/mol. The van der Waals surface area contributed by atoms with Crippen molar-refractivity contribution in [2.24, 2.45) is 0 Å². The van der Waals surface area contributed by atoms with Crippen LogP contribution in [0.25, 0.3) is 0 Å². The average Bonchev–Trinajstić information content (AvgIpc) is 2.62. The van der Waals surface area contributed by atoms with Crippen LogP contribution >= 0.6 is 0 Å². The Hall–Kier alpha value is -3.36. The van der Waals surface area contributed by atoms with Gasteiger partial charge in [-0.2, -0.15) is 13.2 Å². The molecule has 148 valence electrons. The minimum atomic E-state index is -4.69. The summed E-state index contributed by atoms with van der Waals surface area (Å²) in [7, 11) is 0. The van der Waals surface area contributed by atoms with Gasteiger partial charge in [0.25, 0.3) is 5.91 Å². The summed E-state index contributed by atoms with van der Waals surface area (Å²) in [5.41, 5.74) is -1.30. The molecule has 2 aromatic carbocycles. The van der Waals surface area contributed by atoms with Crippen LogP contribution in [0.5, 0.6) is 0 Å². The minimum Gasteiger partial charge on any atom is -0.345 e. The maximum Gasteiger partial charge on any atom is 0.417 e. The lowest BCUT2D eigenvalue weighted by Crippen LogP contribution is -2.40. The van der Waals surface area contributed by atoms with E-state index in [2.05, 4.69) is 16.0 Å². The molecule has 0 aliphatic rings. The quantitative estimate of drug-likeness (QED) is 0.728. The Balaban J connectivity index is 2.24. The molecule has 0 saturated carbocycles. The van der Waals surface area contributed by atoms with Gasteiger partial charge in [0.1, 0.15) is 6.04 Å². The summed E-state index contributed by atoms with van der Waals surface area (Å²) in [5, 5.41) is 7.32. The van der Waals surface area contributed by atoms with Gasteiger partial charge in [-0.15, -0.1) is 0 Å². The molecule has 3 N–H and O–H groups in total. The minimum absolute atomic E-state index is 0.118. The first-order valence-electron chi connectivity index (χ1n) is 8.24. The monoisotopic (exact) mass is 393 g/mol. The van der Waals surface area contributed by atoms with Crippen LogP contribution in [-0.2, 0) is 15.8 Å². The van der Waals surface area contributed by atoms with Crippen LogP contribution < -0.4 is 16.0 Å². The number of alkyl halides is 3. The zero-order chi connectivity index (χ0) is 20.9. The molecule has 3 amide bonds. The molecule has 28 heavy (non-hydrogen) atoms. The van der Waals surface area contributed by atoms with Crippen LogP contribution in [0.3, 0.4) is 0 Å². The van der Waals surface area contributed by atoms with Crippen LogP contribution in [0.4, 0.5) is 24.5 Å². The van der Waals surface area contributed by atoms with E-state index in [-0.39, 0.29) is 11.4 Å². The maximum atomic E-state index is 13.1. The second kappa shape index (κ2) is 8.55. The van der Waals surface area contributed by atoms with Crippen LogP contribution in [0.15, 0.2) is 48.5 Å². The lowest BCUT2D eigenvalue weighted by molar-refractivity contribution is -0.137. The fraction of sp³-hybridized carbons (Fsp3) is 0.211. The lowest BCUT2D eigenvalue weighted by Gasteiger charge is -2.17. The number of hydrogen-bond acceptors (Lipinski definition) is 3. The molecule has 0 aliphatic carbocycles. The molecular formula is C19H18F3N3O3. The van der Waals surface area contributed by atoms with Gasteiger partial charge in [-0.25, -0.2) is 0 Å². The van der Waals surface area contributed by atoms with Gasteiger partial charge in [0.15, 0.2) is 0 Å². The Kier molecular flexibility index (Phi) is 6.40. The molecule has 0 aliphatic heterocycles. The van der Waals surface area contributed by atoms with E-state index in [4.69, 9.17) is 0 Å². The second-order valence-corrected chi connectivity index (χ2v) is 5.95. The first kappa shape index (κ1) is 20.9. The summed E-state index contributed by atoms with van der Waals surface area (Å²) in [4.78, 5) is 35.6. The SMILES string of the molecule is CC(=O)N[C@@H](C)C(=O)Nc1ccccc1NC(=O)c1ccccc1C(F)(F)F. The number of carbonyl (C=O) groups is 3. The molecule has 0 fully saturated rings. The summed E-state index contributed by atoms with van der Waals surface area (Å²) >= 11 is 0. The van der Waals surface area contributed by atoms with E-state index in [1.165, 1.54) is 38.1 Å². The number of carbonyl (C=O) groups excluding carboxylic acids is 3. The van der Waals surface area contributed by atoms with Crippen molar-refractivity contribution in [3.05, 3.63) is 59.7 Å². The highest BCUT2D eigenvalue weighted by Gasteiger charge is 2.35. The van der Waals surface area contributed by atoms with E-state index in [0.717, 1.165) is 12.1 Å². The fourth-order valence-electron chi connectivity index (χ4n) is 2.43. The van der Waals surface area contributed by atoms with E-state index in [1.54, 1.807) is 12.1 Å². The summed E-state index contributed by atoms with van der Waals surface area (Å²) in [6.45, 7) is 2.73. The third kappa shape index (κ3) is 5.32. The molecule has 0 unspecified atom stereocenters. The molecule has 0 bridgehead atoms. The highest BCUT2D eigenvalue weighted by atomic mass is 19.4. The fourth-order valence-corrected chi connectivity index (χ4v) is 2.43. The zero-order valence-corrected chi connectivity index (χ0v) is 15.1. The second-order valence-electron chi connectivity index (χ2n) is 5.95. The average molecular weight is 393 g/mol. The molecule has 0 aromatic heterocycles. The van der Waals surface area contributed by atoms with Crippen LogP contribution in [0.2, 0.25) is 0 Å². The molecule has 0 radical (unpaired) electrons. The van der Waals surface area contributed by atoms with Gasteiger partial charge >= 0.3 is 6.18 Å². The zero-order valence-electron chi connectivity index (χ0n) is 15.1. The molecule has 2 aromatic rings. The maximum absolute atomic E-state index is 13.1. The topological polar surface area (TPSA) is 87.3 Å². The Bertz CT molecular complexity index is 897. The molecule has 2 rings (SSSR count). The number of benzene rings is 2. The summed E-state index contributed by atoms with van der Waals surface area (Å²) < 4.78 is 39.4. The summed E-state index contributed by atoms with van der Waals surface area (Å²) in [6.07, 6.45) is -4.69. The van der Waals surface area contributed by atoms with E-state index >= 15 is 0 Å². The molecule has 6 nitrogen and oxygen atoms in total. The number of hydrogen-bond donors (Lipinski definition) is 3. The van der Waals surface area contributed by atoms with Gasteiger partial charge in [0.2, 0.25) is 11.8 Å². The smallest absolute Gasteiger partial charge is 0.345 e. The third-order valence-corrected chi connectivity index (χ3v) is 3.72. The van der Waals surface area contributed by atoms with E-state index in [1.807, 2.05) is 0 Å². The number of nitrogens with one attached hydrogen (secondary N) is 3. The van der Waals surface area contributed by atoms with Gasteiger partial charge in [0, 0.05) is 6.92 Å². The number of anilines is 2. The first-order valence-corrected chi connectivity index (χ1v) is 8.24. The normalized spacial score (nSPS) is 12.0. The predicted molar refractivity (Wildman–Crippen MR) is 97.7 cm³/mol. The Morgan fingerprint density at radius 2 is 1.43 bits per heavy atom. The summed E-state index contributed by atoms with van der Waals surface area (Å²) in [6, 6.07) is 9.61. The van der Waals surface area contributed by atoms with Gasteiger partial charge in [-0.1, -0.05) is 24.3 Å².